The normalized spacial score (nSPS) is 12.2. The molecule has 0 fully saturated rings. The van der Waals surface area contributed by atoms with E-state index in [0.29, 0.717) is 18.9 Å². The quantitative estimate of drug-likeness (QED) is 0.663. The minimum Gasteiger partial charge on any atom is -0.385 e. The number of methoxy groups -OCH3 is 1. The first-order chi connectivity index (χ1) is 7.56. The third-order valence-electron chi connectivity index (χ3n) is 2.06. The van der Waals surface area contributed by atoms with E-state index in [1.165, 1.54) is 17.7 Å². The highest BCUT2D eigenvalue weighted by Crippen LogP contribution is 2.04. The van der Waals surface area contributed by atoms with Crippen LogP contribution in [-0.4, -0.2) is 54.4 Å². The minimum atomic E-state index is -3.24. The van der Waals surface area contributed by atoms with Gasteiger partial charge in [-0.05, 0) is 6.42 Å². The number of ether oxygens (including phenoxy) is 1. The van der Waals surface area contributed by atoms with Crippen LogP contribution in [0.4, 0.5) is 0 Å². The lowest BCUT2D eigenvalue weighted by atomic mass is 10.5. The molecule has 1 rings (SSSR count). The largest absolute Gasteiger partial charge is 0.385 e. The van der Waals surface area contributed by atoms with Crippen molar-refractivity contribution in [2.24, 2.45) is 0 Å². The van der Waals surface area contributed by atoms with Crippen LogP contribution < -0.4 is 0 Å². The van der Waals surface area contributed by atoms with Crippen molar-refractivity contribution in [2.45, 2.75) is 13.0 Å². The van der Waals surface area contributed by atoms with Crippen LogP contribution in [0.3, 0.4) is 0 Å². The van der Waals surface area contributed by atoms with Crippen LogP contribution in [0.5, 0.6) is 0 Å². The average Bonchev–Trinajstić information content (AvgIpc) is 2.70. The van der Waals surface area contributed by atoms with Crippen molar-refractivity contribution in [1.82, 2.24) is 19.5 Å². The summed E-state index contributed by atoms with van der Waals surface area (Å²) in [6.45, 7) is 0.644. The Morgan fingerprint density at radius 3 is 2.88 bits per heavy atom. The van der Waals surface area contributed by atoms with Gasteiger partial charge in [-0.3, -0.25) is 5.10 Å². The van der Waals surface area contributed by atoms with Crippen molar-refractivity contribution in [3.8, 4) is 0 Å². The summed E-state index contributed by atoms with van der Waals surface area (Å²) in [6, 6.07) is 0. The lowest BCUT2D eigenvalue weighted by Crippen LogP contribution is -2.29. The van der Waals surface area contributed by atoms with E-state index in [2.05, 4.69) is 15.2 Å². The number of aromatic amines is 1. The molecule has 0 aliphatic carbocycles. The molecule has 0 amide bonds. The van der Waals surface area contributed by atoms with Gasteiger partial charge in [-0.25, -0.2) is 13.4 Å². The van der Waals surface area contributed by atoms with Gasteiger partial charge in [0.15, 0.2) is 0 Å². The summed E-state index contributed by atoms with van der Waals surface area (Å²) in [5.74, 6) is 0.601. The van der Waals surface area contributed by atoms with E-state index in [1.807, 2.05) is 0 Å². The second-order valence-corrected chi connectivity index (χ2v) is 5.55. The molecule has 1 N–H and O–H groups in total. The molecule has 0 bridgehead atoms. The van der Waals surface area contributed by atoms with Crippen molar-refractivity contribution in [3.63, 3.8) is 0 Å². The molecule has 1 aromatic heterocycles. The number of nitrogens with zero attached hydrogens (tertiary/aromatic N) is 3. The molecule has 0 unspecified atom stereocenters. The zero-order chi connectivity index (χ0) is 12.0. The van der Waals surface area contributed by atoms with Gasteiger partial charge < -0.3 is 4.74 Å². The van der Waals surface area contributed by atoms with Crippen LogP contribution in [0.2, 0.25) is 0 Å². The van der Waals surface area contributed by atoms with Gasteiger partial charge in [0.2, 0.25) is 10.0 Å². The lowest BCUT2D eigenvalue weighted by Gasteiger charge is -2.15. The lowest BCUT2D eigenvalue weighted by molar-refractivity contribution is 0.199. The summed E-state index contributed by atoms with van der Waals surface area (Å²) in [4.78, 5) is 3.87. The van der Waals surface area contributed by atoms with Gasteiger partial charge in [-0.2, -0.15) is 9.40 Å². The van der Waals surface area contributed by atoms with Crippen molar-refractivity contribution in [1.29, 1.82) is 0 Å². The van der Waals surface area contributed by atoms with Crippen LogP contribution in [0, 0.1) is 0 Å². The molecule has 0 aliphatic rings. The number of rotatable bonds is 7. The smallest absolute Gasteiger partial charge is 0.214 e. The number of hydrogen-bond donors (Lipinski definition) is 1. The Bertz CT molecular complexity index is 389. The summed E-state index contributed by atoms with van der Waals surface area (Å²) in [5, 5.41) is 6.27. The van der Waals surface area contributed by atoms with Crippen LogP contribution in [0.1, 0.15) is 12.2 Å². The fourth-order valence-electron chi connectivity index (χ4n) is 1.16. The van der Waals surface area contributed by atoms with Gasteiger partial charge >= 0.3 is 0 Å². The molecule has 8 heteroatoms. The third kappa shape index (κ3) is 3.87. The van der Waals surface area contributed by atoms with Crippen LogP contribution in [0.15, 0.2) is 6.33 Å². The van der Waals surface area contributed by atoms with Gasteiger partial charge in [0, 0.05) is 20.8 Å². The highest BCUT2D eigenvalue weighted by molar-refractivity contribution is 7.89. The van der Waals surface area contributed by atoms with Gasteiger partial charge in [-0.1, -0.05) is 0 Å². The maximum atomic E-state index is 11.7. The summed E-state index contributed by atoms with van der Waals surface area (Å²) in [7, 11) is -0.178. The Morgan fingerprint density at radius 1 is 1.56 bits per heavy atom. The number of sulfonamides is 1. The maximum Gasteiger partial charge on any atom is 0.214 e. The molecular formula is C8H16N4O3S. The Hall–Kier alpha value is -0.990. The summed E-state index contributed by atoms with van der Waals surface area (Å²) >= 11 is 0. The molecule has 0 atom stereocenters. The first-order valence-corrected chi connectivity index (χ1v) is 6.44. The molecule has 1 heterocycles. The maximum absolute atomic E-state index is 11.7. The zero-order valence-electron chi connectivity index (χ0n) is 9.38. The molecule has 0 aliphatic heterocycles. The first-order valence-electron chi connectivity index (χ1n) is 4.83. The molecule has 0 aromatic carbocycles. The zero-order valence-corrected chi connectivity index (χ0v) is 10.2. The van der Waals surface area contributed by atoms with E-state index < -0.39 is 10.0 Å². The van der Waals surface area contributed by atoms with Gasteiger partial charge in [0.25, 0.3) is 0 Å². The Labute approximate surface area is 94.9 Å². The molecule has 0 spiro atoms. The highest BCUT2D eigenvalue weighted by atomic mass is 32.2. The number of H-pyrrole nitrogens is 1. The van der Waals surface area contributed by atoms with E-state index in [-0.39, 0.29) is 12.3 Å². The number of nitrogens with one attached hydrogen (secondary N) is 1. The average molecular weight is 248 g/mol. The van der Waals surface area contributed by atoms with Crippen LogP contribution in [0.25, 0.3) is 0 Å². The van der Waals surface area contributed by atoms with E-state index in [4.69, 9.17) is 4.74 Å². The Kier molecular flexibility index (Phi) is 4.84. The topological polar surface area (TPSA) is 88.2 Å². The summed E-state index contributed by atoms with van der Waals surface area (Å²) in [6.07, 6.45) is 1.83. The predicted octanol–water partition coefficient (Wildman–Crippen LogP) is -0.397. The van der Waals surface area contributed by atoms with Crippen LogP contribution in [-0.2, 0) is 21.3 Å². The fraction of sp³-hybridized carbons (Fsp3) is 0.750. The molecular weight excluding hydrogens is 232 g/mol. The molecule has 0 radical (unpaired) electrons. The fourth-order valence-corrected chi connectivity index (χ4v) is 2.27. The van der Waals surface area contributed by atoms with Gasteiger partial charge in [0.1, 0.15) is 12.2 Å². The number of hydrogen-bond acceptors (Lipinski definition) is 5. The van der Waals surface area contributed by atoms with Crippen molar-refractivity contribution < 1.29 is 13.2 Å². The highest BCUT2D eigenvalue weighted by Gasteiger charge is 2.18. The monoisotopic (exact) mass is 248 g/mol. The molecule has 0 saturated carbocycles. The van der Waals surface area contributed by atoms with Crippen LogP contribution >= 0.6 is 0 Å². The SMILES string of the molecule is COCCCS(=O)(=O)N(C)Cc1ncn[nH]1. The van der Waals surface area contributed by atoms with Crippen molar-refractivity contribution in [3.05, 3.63) is 12.2 Å². The molecule has 92 valence electrons. The molecule has 16 heavy (non-hydrogen) atoms. The van der Waals surface area contributed by atoms with E-state index in [1.54, 1.807) is 7.11 Å². The minimum absolute atomic E-state index is 0.0749. The van der Waals surface area contributed by atoms with E-state index in [9.17, 15) is 8.42 Å². The van der Waals surface area contributed by atoms with Gasteiger partial charge in [-0.15, -0.1) is 0 Å². The molecule has 0 saturated heterocycles. The second kappa shape index (κ2) is 5.92. The summed E-state index contributed by atoms with van der Waals surface area (Å²) < 4.78 is 29.5. The van der Waals surface area contributed by atoms with E-state index >= 15 is 0 Å². The standard InChI is InChI=1S/C8H16N4O3S/c1-12(6-8-9-7-10-11-8)16(13,14)5-3-4-15-2/h7H,3-6H2,1-2H3,(H,9,10,11). The Balaban J connectivity index is 2.48. The summed E-state index contributed by atoms with van der Waals surface area (Å²) in [5.41, 5.74) is 0. The predicted molar refractivity (Wildman–Crippen MR) is 58.1 cm³/mol. The first kappa shape index (κ1) is 13.1. The van der Waals surface area contributed by atoms with Crippen molar-refractivity contribution in [2.75, 3.05) is 26.5 Å². The molecule has 7 nitrogen and oxygen atoms in total. The van der Waals surface area contributed by atoms with Crippen molar-refractivity contribution >= 4 is 10.0 Å². The number of aromatic nitrogens is 3. The van der Waals surface area contributed by atoms with E-state index in [0.717, 1.165) is 0 Å². The second-order valence-electron chi connectivity index (χ2n) is 3.35. The third-order valence-corrected chi connectivity index (χ3v) is 3.95. The Morgan fingerprint density at radius 2 is 2.31 bits per heavy atom. The molecule has 1 aromatic rings. The van der Waals surface area contributed by atoms with Gasteiger partial charge in [0.05, 0.1) is 12.3 Å².